The van der Waals surface area contributed by atoms with Gasteiger partial charge in [-0.3, -0.25) is 4.79 Å². The van der Waals surface area contributed by atoms with Crippen molar-refractivity contribution in [3.8, 4) is 17.2 Å². The summed E-state index contributed by atoms with van der Waals surface area (Å²) >= 11 is 0. The molecular weight excluding hydrogens is 340 g/mol. The molecule has 0 bridgehead atoms. The molecule has 2 aromatic carbocycles. The zero-order valence-corrected chi connectivity index (χ0v) is 16.1. The summed E-state index contributed by atoms with van der Waals surface area (Å²) in [5.74, 6) is 2.35. The maximum Gasteiger partial charge on any atom is 0.159 e. The molecule has 1 saturated heterocycles. The molecule has 1 N–H and O–H groups in total. The minimum Gasteiger partial charge on any atom is -0.494 e. The van der Waals surface area contributed by atoms with Gasteiger partial charge in [-0.2, -0.15) is 0 Å². The predicted molar refractivity (Wildman–Crippen MR) is 107 cm³/mol. The molecule has 5 heteroatoms. The normalized spacial score (nSPS) is 17.5. The fourth-order valence-corrected chi connectivity index (χ4v) is 3.19. The number of nitrogens with zero attached hydrogens (tertiary/aromatic N) is 1. The van der Waals surface area contributed by atoms with Crippen LogP contribution in [0.15, 0.2) is 48.5 Å². The van der Waals surface area contributed by atoms with Crippen LogP contribution >= 0.6 is 0 Å². The van der Waals surface area contributed by atoms with E-state index in [-0.39, 0.29) is 5.78 Å². The van der Waals surface area contributed by atoms with Crippen molar-refractivity contribution in [1.82, 2.24) is 10.2 Å². The lowest BCUT2D eigenvalue weighted by Crippen LogP contribution is -2.49. The SMILES string of the molecule is CC(=O)c1ccc(Oc2ccc(OCCCN3CCNC(C)C3)cc2)cc1. The largest absolute Gasteiger partial charge is 0.494 e. The average Bonchev–Trinajstić information content (AvgIpc) is 2.67. The van der Waals surface area contributed by atoms with Crippen molar-refractivity contribution in [2.45, 2.75) is 26.3 Å². The number of ether oxygens (including phenoxy) is 2. The number of nitrogens with one attached hydrogen (secondary N) is 1. The van der Waals surface area contributed by atoms with E-state index in [1.165, 1.54) is 0 Å². The highest BCUT2D eigenvalue weighted by Gasteiger charge is 2.14. The molecule has 0 amide bonds. The van der Waals surface area contributed by atoms with E-state index in [4.69, 9.17) is 9.47 Å². The van der Waals surface area contributed by atoms with Gasteiger partial charge in [0.05, 0.1) is 6.61 Å². The quantitative estimate of drug-likeness (QED) is 0.568. The van der Waals surface area contributed by atoms with Crippen LogP contribution in [0.5, 0.6) is 17.2 Å². The second kappa shape index (κ2) is 9.53. The molecule has 1 unspecified atom stereocenters. The zero-order chi connectivity index (χ0) is 19.1. The summed E-state index contributed by atoms with van der Waals surface area (Å²) in [6, 6.07) is 15.4. The summed E-state index contributed by atoms with van der Waals surface area (Å²) in [5, 5.41) is 3.46. The Morgan fingerprint density at radius 2 is 1.70 bits per heavy atom. The van der Waals surface area contributed by atoms with Gasteiger partial charge in [-0.1, -0.05) is 0 Å². The summed E-state index contributed by atoms with van der Waals surface area (Å²) in [7, 11) is 0. The summed E-state index contributed by atoms with van der Waals surface area (Å²) in [6.45, 7) is 8.86. The second-order valence-electron chi connectivity index (χ2n) is 7.01. The lowest BCUT2D eigenvalue weighted by Gasteiger charge is -2.31. The maximum absolute atomic E-state index is 11.3. The number of hydrogen-bond acceptors (Lipinski definition) is 5. The first-order valence-electron chi connectivity index (χ1n) is 9.57. The van der Waals surface area contributed by atoms with Crippen molar-refractivity contribution >= 4 is 5.78 Å². The van der Waals surface area contributed by atoms with Crippen molar-refractivity contribution in [2.75, 3.05) is 32.8 Å². The summed E-state index contributed by atoms with van der Waals surface area (Å²) < 4.78 is 11.6. The van der Waals surface area contributed by atoms with E-state index in [1.807, 2.05) is 24.3 Å². The molecule has 27 heavy (non-hydrogen) atoms. The fraction of sp³-hybridized carbons (Fsp3) is 0.409. The van der Waals surface area contributed by atoms with Crippen molar-refractivity contribution in [3.63, 3.8) is 0 Å². The van der Waals surface area contributed by atoms with Gasteiger partial charge >= 0.3 is 0 Å². The minimum atomic E-state index is 0.0505. The number of hydrogen-bond donors (Lipinski definition) is 1. The van der Waals surface area contributed by atoms with Gasteiger partial charge in [0.2, 0.25) is 0 Å². The van der Waals surface area contributed by atoms with Gasteiger partial charge in [-0.05, 0) is 68.8 Å². The van der Waals surface area contributed by atoms with Crippen LogP contribution in [0.4, 0.5) is 0 Å². The van der Waals surface area contributed by atoms with Crippen molar-refractivity contribution < 1.29 is 14.3 Å². The Hall–Kier alpha value is -2.37. The molecule has 3 rings (SSSR count). The van der Waals surface area contributed by atoms with E-state index >= 15 is 0 Å². The Labute approximate surface area is 161 Å². The molecule has 0 aliphatic carbocycles. The Balaban J connectivity index is 1.41. The first-order valence-corrected chi connectivity index (χ1v) is 9.57. The summed E-state index contributed by atoms with van der Waals surface area (Å²) in [6.07, 6.45) is 1.02. The molecule has 2 aromatic rings. The lowest BCUT2D eigenvalue weighted by atomic mass is 10.1. The molecule has 1 atom stereocenters. The number of benzene rings is 2. The van der Waals surface area contributed by atoms with Crippen LogP contribution in [0.1, 0.15) is 30.6 Å². The molecule has 5 nitrogen and oxygen atoms in total. The number of carbonyl (C=O) groups is 1. The van der Waals surface area contributed by atoms with Gasteiger partial charge in [-0.15, -0.1) is 0 Å². The Bertz CT molecular complexity index is 728. The topological polar surface area (TPSA) is 50.8 Å². The van der Waals surface area contributed by atoms with E-state index in [0.29, 0.717) is 24.0 Å². The molecule has 1 fully saturated rings. The highest BCUT2D eigenvalue weighted by atomic mass is 16.5. The summed E-state index contributed by atoms with van der Waals surface area (Å²) in [4.78, 5) is 13.8. The number of rotatable bonds is 8. The zero-order valence-electron chi connectivity index (χ0n) is 16.1. The summed E-state index contributed by atoms with van der Waals surface area (Å²) in [5.41, 5.74) is 0.682. The van der Waals surface area contributed by atoms with Gasteiger partial charge < -0.3 is 19.7 Å². The van der Waals surface area contributed by atoms with Crippen LogP contribution < -0.4 is 14.8 Å². The molecule has 0 aromatic heterocycles. The smallest absolute Gasteiger partial charge is 0.159 e. The van der Waals surface area contributed by atoms with Crippen LogP contribution in [0, 0.1) is 0 Å². The first kappa shape index (κ1) is 19.4. The molecular formula is C22H28N2O3. The van der Waals surface area contributed by atoms with E-state index in [2.05, 4.69) is 17.1 Å². The first-order chi connectivity index (χ1) is 13.1. The number of ketones is 1. The third-order valence-corrected chi connectivity index (χ3v) is 4.66. The fourth-order valence-electron chi connectivity index (χ4n) is 3.19. The van der Waals surface area contributed by atoms with Gasteiger partial charge in [-0.25, -0.2) is 0 Å². The molecule has 1 aliphatic heterocycles. The number of carbonyl (C=O) groups excluding carboxylic acids is 1. The van der Waals surface area contributed by atoms with Crippen molar-refractivity contribution in [2.24, 2.45) is 0 Å². The molecule has 1 heterocycles. The second-order valence-corrected chi connectivity index (χ2v) is 7.01. The molecule has 1 aliphatic rings. The van der Waals surface area contributed by atoms with Gasteiger partial charge in [0.25, 0.3) is 0 Å². The highest BCUT2D eigenvalue weighted by Crippen LogP contribution is 2.24. The molecule has 0 saturated carbocycles. The Morgan fingerprint density at radius 1 is 1.07 bits per heavy atom. The van der Waals surface area contributed by atoms with Crippen LogP contribution in [-0.2, 0) is 0 Å². The minimum absolute atomic E-state index is 0.0505. The number of Topliss-reactive ketones (excluding diaryl/α,β-unsaturated/α-hetero) is 1. The predicted octanol–water partition coefficient (Wildman–Crippen LogP) is 3.74. The highest BCUT2D eigenvalue weighted by molar-refractivity contribution is 5.94. The van der Waals surface area contributed by atoms with E-state index in [1.54, 1.807) is 31.2 Å². The third kappa shape index (κ3) is 6.08. The monoisotopic (exact) mass is 368 g/mol. The molecule has 144 valence electrons. The maximum atomic E-state index is 11.3. The van der Waals surface area contributed by atoms with Gasteiger partial charge in [0, 0.05) is 37.8 Å². The Kier molecular flexibility index (Phi) is 6.85. The van der Waals surface area contributed by atoms with E-state index < -0.39 is 0 Å². The van der Waals surface area contributed by atoms with Gasteiger partial charge in [0.1, 0.15) is 17.2 Å². The van der Waals surface area contributed by atoms with Crippen molar-refractivity contribution in [1.29, 1.82) is 0 Å². The lowest BCUT2D eigenvalue weighted by molar-refractivity contribution is 0.101. The molecule has 0 radical (unpaired) electrons. The van der Waals surface area contributed by atoms with E-state index in [0.717, 1.165) is 44.1 Å². The molecule has 0 spiro atoms. The van der Waals surface area contributed by atoms with Crippen molar-refractivity contribution in [3.05, 3.63) is 54.1 Å². The van der Waals surface area contributed by atoms with Crippen LogP contribution in [-0.4, -0.2) is 49.5 Å². The standard InChI is InChI=1S/C22H28N2O3/c1-17-16-24(14-12-23-17)13-3-15-26-20-8-10-22(11-9-20)27-21-6-4-19(5-7-21)18(2)25/h4-11,17,23H,3,12-16H2,1-2H3. The number of piperazine rings is 1. The third-order valence-electron chi connectivity index (χ3n) is 4.66. The Morgan fingerprint density at radius 3 is 2.33 bits per heavy atom. The van der Waals surface area contributed by atoms with E-state index in [9.17, 15) is 4.79 Å². The van der Waals surface area contributed by atoms with Crippen LogP contribution in [0.25, 0.3) is 0 Å². The van der Waals surface area contributed by atoms with Gasteiger partial charge in [0.15, 0.2) is 5.78 Å². The average molecular weight is 368 g/mol. The van der Waals surface area contributed by atoms with Crippen LogP contribution in [0.3, 0.4) is 0 Å². The van der Waals surface area contributed by atoms with Crippen LogP contribution in [0.2, 0.25) is 0 Å².